The molecule has 4 nitrogen and oxygen atoms in total. The van der Waals surface area contributed by atoms with Gasteiger partial charge in [0.05, 0.1) is 6.42 Å². The van der Waals surface area contributed by atoms with Crippen molar-refractivity contribution in [1.82, 2.24) is 0 Å². The molecule has 0 radical (unpaired) electrons. The van der Waals surface area contributed by atoms with Gasteiger partial charge in [0.1, 0.15) is 0 Å². The Morgan fingerprint density at radius 1 is 1.08 bits per heavy atom. The number of benzene rings is 2. The van der Waals surface area contributed by atoms with Crippen LogP contribution in [0.4, 0.5) is 5.69 Å². The van der Waals surface area contributed by atoms with Gasteiger partial charge in [0.2, 0.25) is 11.8 Å². The van der Waals surface area contributed by atoms with Gasteiger partial charge in [0, 0.05) is 17.8 Å². The number of aryl methyl sites for hydroxylation is 2. The lowest BCUT2D eigenvalue weighted by Crippen LogP contribution is -2.37. The van der Waals surface area contributed by atoms with Gasteiger partial charge in [-0.3, -0.25) is 9.59 Å². The fourth-order valence-electron chi connectivity index (χ4n) is 3.49. The van der Waals surface area contributed by atoms with Gasteiger partial charge in [-0.1, -0.05) is 24.3 Å². The maximum Gasteiger partial charge on any atom is 0.249 e. The van der Waals surface area contributed by atoms with Gasteiger partial charge in [0.25, 0.3) is 0 Å². The van der Waals surface area contributed by atoms with Crippen molar-refractivity contribution in [2.75, 3.05) is 11.4 Å². The summed E-state index contributed by atoms with van der Waals surface area (Å²) in [5.41, 5.74) is 11.1. The van der Waals surface area contributed by atoms with Gasteiger partial charge >= 0.3 is 0 Å². The molecule has 3 rings (SSSR count). The first-order valence-corrected chi connectivity index (χ1v) is 8.26. The summed E-state index contributed by atoms with van der Waals surface area (Å²) >= 11 is 0. The molecule has 0 spiro atoms. The third-order valence-corrected chi connectivity index (χ3v) is 4.79. The average molecular weight is 322 g/mol. The lowest BCUT2D eigenvalue weighted by atomic mass is 9.94. The summed E-state index contributed by atoms with van der Waals surface area (Å²) in [5, 5.41) is 0. The van der Waals surface area contributed by atoms with Crippen LogP contribution in [-0.4, -0.2) is 18.4 Å². The second-order valence-electron chi connectivity index (χ2n) is 6.36. The second kappa shape index (κ2) is 6.48. The normalized spacial score (nSPS) is 13.5. The Morgan fingerprint density at radius 3 is 2.42 bits per heavy atom. The molecule has 0 saturated heterocycles. The lowest BCUT2D eigenvalue weighted by molar-refractivity contribution is -0.118. The molecular formula is C20H22N2O2. The van der Waals surface area contributed by atoms with Crippen LogP contribution in [0.5, 0.6) is 0 Å². The molecule has 2 aromatic rings. The van der Waals surface area contributed by atoms with Gasteiger partial charge < -0.3 is 10.6 Å². The summed E-state index contributed by atoms with van der Waals surface area (Å²) < 4.78 is 0. The Morgan fingerprint density at radius 2 is 1.75 bits per heavy atom. The molecule has 2 N–H and O–H groups in total. The van der Waals surface area contributed by atoms with Gasteiger partial charge in [-0.05, 0) is 61.1 Å². The zero-order valence-electron chi connectivity index (χ0n) is 14.1. The molecule has 0 saturated carbocycles. The predicted octanol–water partition coefficient (Wildman–Crippen LogP) is 2.92. The van der Waals surface area contributed by atoms with E-state index in [1.807, 2.05) is 38.1 Å². The molecule has 0 atom stereocenters. The molecule has 0 unspecified atom stereocenters. The molecule has 124 valence electrons. The molecule has 4 heteroatoms. The van der Waals surface area contributed by atoms with Crippen molar-refractivity contribution in [2.24, 2.45) is 5.73 Å². The summed E-state index contributed by atoms with van der Waals surface area (Å²) in [5.74, 6) is -0.370. The molecule has 2 amide bonds. The molecule has 2 aromatic carbocycles. The van der Waals surface area contributed by atoms with Gasteiger partial charge in [-0.25, -0.2) is 0 Å². The van der Waals surface area contributed by atoms with Crippen molar-refractivity contribution in [3.8, 4) is 0 Å². The largest absolute Gasteiger partial charge is 0.366 e. The summed E-state index contributed by atoms with van der Waals surface area (Å²) in [6.45, 7) is 4.74. The number of primary amides is 1. The van der Waals surface area contributed by atoms with Crippen LogP contribution in [0.3, 0.4) is 0 Å². The van der Waals surface area contributed by atoms with Crippen molar-refractivity contribution in [1.29, 1.82) is 0 Å². The molecule has 1 aliphatic rings. The minimum atomic E-state index is -0.434. The van der Waals surface area contributed by atoms with Crippen LogP contribution in [-0.2, 0) is 17.6 Å². The van der Waals surface area contributed by atoms with Crippen molar-refractivity contribution in [3.63, 3.8) is 0 Å². The average Bonchev–Trinajstić information content (AvgIpc) is 2.57. The quantitative estimate of drug-likeness (QED) is 0.944. The highest BCUT2D eigenvalue weighted by Gasteiger charge is 2.26. The Labute approximate surface area is 142 Å². The van der Waals surface area contributed by atoms with E-state index < -0.39 is 5.91 Å². The number of anilines is 1. The van der Waals surface area contributed by atoms with Crippen molar-refractivity contribution < 1.29 is 9.59 Å². The van der Waals surface area contributed by atoms with E-state index in [0.717, 1.165) is 40.8 Å². The van der Waals surface area contributed by atoms with E-state index in [1.165, 1.54) is 0 Å². The van der Waals surface area contributed by atoms with E-state index in [1.54, 1.807) is 17.0 Å². The first-order chi connectivity index (χ1) is 11.5. The van der Waals surface area contributed by atoms with Crippen LogP contribution in [0.2, 0.25) is 0 Å². The first-order valence-electron chi connectivity index (χ1n) is 8.26. The number of carbonyl (C=O) groups excluding carboxylic acids is 2. The predicted molar refractivity (Wildman–Crippen MR) is 95.3 cm³/mol. The molecule has 1 heterocycles. The maximum atomic E-state index is 12.9. The zero-order chi connectivity index (χ0) is 17.3. The van der Waals surface area contributed by atoms with E-state index >= 15 is 0 Å². The SMILES string of the molecule is Cc1cccc(C)c1CC(=O)N1CCCc2c(C(N)=O)cccc21. The van der Waals surface area contributed by atoms with Gasteiger partial charge in [-0.2, -0.15) is 0 Å². The molecule has 0 fully saturated rings. The fourth-order valence-corrected chi connectivity index (χ4v) is 3.49. The van der Waals surface area contributed by atoms with Crippen LogP contribution >= 0.6 is 0 Å². The lowest BCUT2D eigenvalue weighted by Gasteiger charge is -2.31. The number of carbonyl (C=O) groups is 2. The number of nitrogens with zero attached hydrogens (tertiary/aromatic N) is 1. The standard InChI is InChI=1S/C20H22N2O2/c1-13-6-3-7-14(2)17(13)12-19(23)22-11-5-9-15-16(20(21)24)8-4-10-18(15)22/h3-4,6-8,10H,5,9,11-12H2,1-2H3,(H2,21,24). The summed E-state index contributed by atoms with van der Waals surface area (Å²) in [6, 6.07) is 11.5. The fraction of sp³-hybridized carbons (Fsp3) is 0.300. The molecular weight excluding hydrogens is 300 g/mol. The summed E-state index contributed by atoms with van der Waals surface area (Å²) in [7, 11) is 0. The van der Waals surface area contributed by atoms with E-state index in [4.69, 9.17) is 5.73 Å². The Hall–Kier alpha value is -2.62. The van der Waals surface area contributed by atoms with Crippen LogP contribution in [0.25, 0.3) is 0 Å². The number of hydrogen-bond donors (Lipinski definition) is 1. The minimum Gasteiger partial charge on any atom is -0.366 e. The third kappa shape index (κ3) is 2.92. The Kier molecular flexibility index (Phi) is 4.38. The van der Waals surface area contributed by atoms with Crippen LogP contribution in [0.1, 0.15) is 39.0 Å². The van der Waals surface area contributed by atoms with Crippen molar-refractivity contribution >= 4 is 17.5 Å². The van der Waals surface area contributed by atoms with Crippen LogP contribution < -0.4 is 10.6 Å². The van der Waals surface area contributed by atoms with Crippen molar-refractivity contribution in [2.45, 2.75) is 33.1 Å². The summed E-state index contributed by atoms with van der Waals surface area (Å²) in [6.07, 6.45) is 2.00. The molecule has 0 aliphatic carbocycles. The highest BCUT2D eigenvalue weighted by Crippen LogP contribution is 2.30. The van der Waals surface area contributed by atoms with Crippen LogP contribution in [0, 0.1) is 13.8 Å². The molecule has 1 aliphatic heterocycles. The number of amides is 2. The maximum absolute atomic E-state index is 12.9. The van der Waals surface area contributed by atoms with E-state index in [2.05, 4.69) is 0 Å². The second-order valence-corrected chi connectivity index (χ2v) is 6.36. The number of nitrogens with two attached hydrogens (primary N) is 1. The smallest absolute Gasteiger partial charge is 0.249 e. The topological polar surface area (TPSA) is 63.4 Å². The van der Waals surface area contributed by atoms with Crippen LogP contribution in [0.15, 0.2) is 36.4 Å². The van der Waals surface area contributed by atoms with E-state index in [9.17, 15) is 9.59 Å². The van der Waals surface area contributed by atoms with Gasteiger partial charge in [0.15, 0.2) is 0 Å². The Balaban J connectivity index is 1.94. The highest BCUT2D eigenvalue weighted by atomic mass is 16.2. The number of rotatable bonds is 3. The minimum absolute atomic E-state index is 0.0648. The van der Waals surface area contributed by atoms with E-state index in [0.29, 0.717) is 18.5 Å². The Bertz CT molecular complexity index is 791. The third-order valence-electron chi connectivity index (χ3n) is 4.79. The van der Waals surface area contributed by atoms with Crippen molar-refractivity contribution in [3.05, 3.63) is 64.2 Å². The zero-order valence-corrected chi connectivity index (χ0v) is 14.1. The monoisotopic (exact) mass is 322 g/mol. The first kappa shape index (κ1) is 16.2. The van der Waals surface area contributed by atoms with E-state index in [-0.39, 0.29) is 5.91 Å². The highest BCUT2D eigenvalue weighted by molar-refractivity contribution is 6.00. The van der Waals surface area contributed by atoms with Gasteiger partial charge in [-0.15, -0.1) is 0 Å². The number of fused-ring (bicyclic) bond motifs is 1. The number of hydrogen-bond acceptors (Lipinski definition) is 2. The molecule has 0 bridgehead atoms. The molecule has 24 heavy (non-hydrogen) atoms. The summed E-state index contributed by atoms with van der Waals surface area (Å²) in [4.78, 5) is 26.4. The molecule has 0 aromatic heterocycles.